The smallest absolute Gasteiger partial charge is 0.227 e. The van der Waals surface area contributed by atoms with Crippen molar-refractivity contribution in [1.82, 2.24) is 4.90 Å². The largest absolute Gasteiger partial charge is 0.493 e. The number of carbonyl (C=O) groups is 1. The molecule has 1 aliphatic carbocycles. The lowest BCUT2D eigenvalue weighted by Crippen LogP contribution is -2.66. The first kappa shape index (κ1) is 17.8. The number of rotatable bonds is 3. The molecule has 4 aliphatic heterocycles. The van der Waals surface area contributed by atoms with Gasteiger partial charge in [0.25, 0.3) is 0 Å². The number of carbonyl (C=O) groups excluding carboxylic acids is 1. The number of aliphatic hydroxyl groups excluding tert-OH is 1. The van der Waals surface area contributed by atoms with Crippen molar-refractivity contribution in [2.45, 2.75) is 43.2 Å². The summed E-state index contributed by atoms with van der Waals surface area (Å²) in [7, 11) is 3.34. The second-order valence-corrected chi connectivity index (χ2v) is 9.22. The number of amides is 1. The molecule has 6 rings (SSSR count). The van der Waals surface area contributed by atoms with Gasteiger partial charge < -0.3 is 19.5 Å². The van der Waals surface area contributed by atoms with Gasteiger partial charge in [0.05, 0.1) is 32.6 Å². The molecule has 154 valence electrons. The Morgan fingerprint density at radius 2 is 2.07 bits per heavy atom. The highest BCUT2D eigenvalue weighted by molar-refractivity contribution is 5.99. The molecule has 1 amide bonds. The summed E-state index contributed by atoms with van der Waals surface area (Å²) in [5.74, 6) is 2.60. The number of nitrogens with zero attached hydrogens (tertiary/aromatic N) is 2. The molecule has 5 atom stereocenters. The van der Waals surface area contributed by atoms with Crippen LogP contribution in [0, 0.1) is 11.8 Å². The maximum Gasteiger partial charge on any atom is 0.227 e. The summed E-state index contributed by atoms with van der Waals surface area (Å²) < 4.78 is 11.2. The van der Waals surface area contributed by atoms with Crippen LogP contribution in [-0.2, 0) is 10.2 Å². The predicted molar refractivity (Wildman–Crippen MR) is 108 cm³/mol. The van der Waals surface area contributed by atoms with Crippen LogP contribution in [0.15, 0.2) is 23.8 Å². The highest BCUT2D eigenvalue weighted by Crippen LogP contribution is 2.66. The van der Waals surface area contributed by atoms with E-state index in [2.05, 4.69) is 15.9 Å². The third-order valence-electron chi connectivity index (χ3n) is 8.49. The number of fused-ring (bicyclic) bond motifs is 4. The van der Waals surface area contributed by atoms with E-state index in [1.807, 2.05) is 12.1 Å². The average molecular weight is 396 g/mol. The van der Waals surface area contributed by atoms with E-state index in [0.29, 0.717) is 30.0 Å². The van der Waals surface area contributed by atoms with Gasteiger partial charge in [-0.2, -0.15) is 0 Å². The Kier molecular flexibility index (Phi) is 3.67. The van der Waals surface area contributed by atoms with Gasteiger partial charge in [-0.25, -0.2) is 0 Å². The fourth-order valence-corrected chi connectivity index (χ4v) is 7.54. The van der Waals surface area contributed by atoms with Crippen LogP contribution in [-0.4, -0.2) is 61.9 Å². The molecule has 5 unspecified atom stereocenters. The molecule has 4 heterocycles. The van der Waals surface area contributed by atoms with E-state index in [1.165, 1.54) is 11.1 Å². The van der Waals surface area contributed by atoms with Gasteiger partial charge >= 0.3 is 0 Å². The molecular formula is C23H28N2O4. The molecule has 2 bridgehead atoms. The summed E-state index contributed by atoms with van der Waals surface area (Å²) in [4.78, 5) is 17.9. The van der Waals surface area contributed by atoms with Gasteiger partial charge in [0.15, 0.2) is 11.5 Å². The van der Waals surface area contributed by atoms with E-state index in [1.54, 1.807) is 14.2 Å². The second kappa shape index (κ2) is 5.99. The van der Waals surface area contributed by atoms with Crippen LogP contribution in [0.2, 0.25) is 0 Å². The first-order valence-corrected chi connectivity index (χ1v) is 10.8. The predicted octanol–water partition coefficient (Wildman–Crippen LogP) is 2.09. The third kappa shape index (κ3) is 2.01. The van der Waals surface area contributed by atoms with Crippen LogP contribution in [0.25, 0.3) is 0 Å². The number of anilines is 1. The van der Waals surface area contributed by atoms with E-state index in [0.717, 1.165) is 43.8 Å². The minimum atomic E-state index is -0.0170. The van der Waals surface area contributed by atoms with E-state index in [-0.39, 0.29) is 24.0 Å². The van der Waals surface area contributed by atoms with Gasteiger partial charge in [-0.1, -0.05) is 11.6 Å². The van der Waals surface area contributed by atoms with E-state index in [4.69, 9.17) is 9.47 Å². The van der Waals surface area contributed by atoms with Crippen LogP contribution in [0.3, 0.4) is 0 Å². The van der Waals surface area contributed by atoms with Gasteiger partial charge in [0.1, 0.15) is 0 Å². The maximum atomic E-state index is 13.2. The van der Waals surface area contributed by atoms with Crippen LogP contribution in [0.1, 0.15) is 31.2 Å². The highest BCUT2D eigenvalue weighted by atomic mass is 16.5. The molecule has 1 aromatic carbocycles. The van der Waals surface area contributed by atoms with Crippen molar-refractivity contribution < 1.29 is 19.4 Å². The first-order chi connectivity index (χ1) is 14.1. The van der Waals surface area contributed by atoms with Crippen molar-refractivity contribution in [2.75, 3.05) is 38.8 Å². The molecule has 6 nitrogen and oxygen atoms in total. The molecule has 4 fully saturated rings. The molecule has 0 aromatic heterocycles. The Labute approximate surface area is 171 Å². The molecule has 1 aromatic rings. The molecule has 0 radical (unpaired) electrons. The first-order valence-electron chi connectivity index (χ1n) is 10.8. The van der Waals surface area contributed by atoms with Gasteiger partial charge in [-0.05, 0) is 49.3 Å². The van der Waals surface area contributed by atoms with Crippen molar-refractivity contribution in [1.29, 1.82) is 0 Å². The Hall–Kier alpha value is -2.05. The molecular weight excluding hydrogens is 368 g/mol. The number of hydrogen-bond acceptors (Lipinski definition) is 5. The third-order valence-corrected chi connectivity index (χ3v) is 8.49. The van der Waals surface area contributed by atoms with E-state index in [9.17, 15) is 9.90 Å². The van der Waals surface area contributed by atoms with Crippen molar-refractivity contribution >= 4 is 11.6 Å². The zero-order chi connectivity index (χ0) is 19.9. The fraction of sp³-hybridized carbons (Fsp3) is 0.609. The number of ether oxygens (including phenoxy) is 2. The number of benzene rings is 1. The molecule has 5 aliphatic rings. The number of methoxy groups -OCH3 is 2. The summed E-state index contributed by atoms with van der Waals surface area (Å²) >= 11 is 0. The van der Waals surface area contributed by atoms with Crippen LogP contribution < -0.4 is 14.4 Å². The lowest BCUT2D eigenvalue weighted by molar-refractivity contribution is -0.123. The van der Waals surface area contributed by atoms with Crippen LogP contribution in [0.5, 0.6) is 11.5 Å². The molecule has 6 heteroatoms. The van der Waals surface area contributed by atoms with Gasteiger partial charge in [0.2, 0.25) is 5.91 Å². The maximum absolute atomic E-state index is 13.2. The van der Waals surface area contributed by atoms with Crippen LogP contribution >= 0.6 is 0 Å². The number of aliphatic hydroxyl groups is 1. The molecule has 3 saturated heterocycles. The number of hydrogen-bond donors (Lipinski definition) is 1. The van der Waals surface area contributed by atoms with Gasteiger partial charge in [-0.15, -0.1) is 0 Å². The zero-order valence-electron chi connectivity index (χ0n) is 17.1. The topological polar surface area (TPSA) is 62.2 Å². The summed E-state index contributed by atoms with van der Waals surface area (Å²) in [5, 5.41) is 9.61. The average Bonchev–Trinajstić information content (AvgIpc) is 3.27. The Bertz CT molecular complexity index is 928. The summed E-state index contributed by atoms with van der Waals surface area (Å²) in [6, 6.07) is 4.82. The minimum Gasteiger partial charge on any atom is -0.493 e. The monoisotopic (exact) mass is 396 g/mol. The highest BCUT2D eigenvalue weighted by Gasteiger charge is 2.69. The Morgan fingerprint density at radius 1 is 1.28 bits per heavy atom. The van der Waals surface area contributed by atoms with Crippen LogP contribution in [0.4, 0.5) is 5.69 Å². The van der Waals surface area contributed by atoms with Crippen molar-refractivity contribution in [3.05, 3.63) is 29.3 Å². The standard InChI is InChI=1S/C23H28N2O4/c1-28-18-10-16-17(11-19(18)29-2)25-21(27)4-3-14-15-9-20-23(16,22(14)25)6-7-24(20)12-13(15)5-8-26/h5,10-11,14-15,20,22,26H,3-4,6-9,12H2,1-2H3. The van der Waals surface area contributed by atoms with Crippen molar-refractivity contribution in [3.8, 4) is 11.5 Å². The lowest BCUT2D eigenvalue weighted by Gasteiger charge is -2.57. The Balaban J connectivity index is 1.59. The molecule has 1 saturated carbocycles. The Morgan fingerprint density at radius 3 is 2.83 bits per heavy atom. The van der Waals surface area contributed by atoms with Gasteiger partial charge in [-0.3, -0.25) is 9.69 Å². The summed E-state index contributed by atoms with van der Waals surface area (Å²) in [5.41, 5.74) is 3.67. The minimum absolute atomic E-state index is 0.0170. The summed E-state index contributed by atoms with van der Waals surface area (Å²) in [6.07, 6.45) is 5.78. The van der Waals surface area contributed by atoms with Crippen molar-refractivity contribution in [3.63, 3.8) is 0 Å². The summed E-state index contributed by atoms with van der Waals surface area (Å²) in [6.45, 7) is 2.10. The molecule has 29 heavy (non-hydrogen) atoms. The quantitative estimate of drug-likeness (QED) is 0.793. The normalized spacial score (nSPS) is 38.2. The SMILES string of the molecule is COc1cc2c(cc1OC)C13CCN4CC(=CCO)C(CC41)C1CCC(=O)N2C13. The van der Waals surface area contributed by atoms with Crippen molar-refractivity contribution in [2.24, 2.45) is 11.8 Å². The van der Waals surface area contributed by atoms with E-state index >= 15 is 0 Å². The second-order valence-electron chi connectivity index (χ2n) is 9.22. The molecule has 1 spiro atoms. The number of piperidine rings is 2. The van der Waals surface area contributed by atoms with E-state index < -0.39 is 0 Å². The zero-order valence-corrected chi connectivity index (χ0v) is 17.1. The van der Waals surface area contributed by atoms with Gasteiger partial charge in [0, 0.05) is 30.5 Å². The molecule has 1 N–H and O–H groups in total. The fourth-order valence-electron chi connectivity index (χ4n) is 7.54. The lowest BCUT2D eigenvalue weighted by atomic mass is 9.54.